The molecule has 0 atom stereocenters. The third kappa shape index (κ3) is 3.46. The standard InChI is InChI=1S/C9H7FO3S/c1-13-9-4-2-8(3-5-9)6-7-14(10,11)12/h2-5H,1H3. The molecule has 0 bridgehead atoms. The van der Waals surface area contributed by atoms with Gasteiger partial charge in [-0.2, -0.15) is 8.42 Å². The molecular weight excluding hydrogens is 207 g/mol. The molecule has 0 saturated heterocycles. The van der Waals surface area contributed by atoms with Gasteiger partial charge in [0.2, 0.25) is 0 Å². The minimum Gasteiger partial charge on any atom is -0.497 e. The van der Waals surface area contributed by atoms with E-state index in [4.69, 9.17) is 4.74 Å². The van der Waals surface area contributed by atoms with Crippen LogP contribution in [0.5, 0.6) is 5.75 Å². The van der Waals surface area contributed by atoms with Crippen molar-refractivity contribution in [1.29, 1.82) is 0 Å². The highest BCUT2D eigenvalue weighted by Crippen LogP contribution is 2.10. The van der Waals surface area contributed by atoms with Crippen molar-refractivity contribution in [3.05, 3.63) is 29.8 Å². The van der Waals surface area contributed by atoms with Crippen molar-refractivity contribution in [2.24, 2.45) is 0 Å². The molecule has 0 aliphatic heterocycles. The van der Waals surface area contributed by atoms with Crippen LogP contribution in [0, 0.1) is 11.2 Å². The molecule has 0 aliphatic carbocycles. The second-order valence-electron chi connectivity index (χ2n) is 2.39. The first-order valence-corrected chi connectivity index (χ1v) is 5.01. The van der Waals surface area contributed by atoms with Gasteiger partial charge in [-0.3, -0.25) is 0 Å². The summed E-state index contributed by atoms with van der Waals surface area (Å²) in [5, 5.41) is 1.49. The van der Waals surface area contributed by atoms with Gasteiger partial charge in [0, 0.05) is 5.56 Å². The quantitative estimate of drug-likeness (QED) is 0.523. The highest BCUT2D eigenvalue weighted by Gasteiger charge is 1.97. The molecule has 1 aromatic carbocycles. The van der Waals surface area contributed by atoms with Crippen LogP contribution < -0.4 is 4.74 Å². The fraction of sp³-hybridized carbons (Fsp3) is 0.111. The maximum Gasteiger partial charge on any atom is 0.373 e. The minimum atomic E-state index is -4.73. The van der Waals surface area contributed by atoms with Gasteiger partial charge >= 0.3 is 10.2 Å². The van der Waals surface area contributed by atoms with Crippen LogP contribution in [-0.2, 0) is 10.2 Å². The summed E-state index contributed by atoms with van der Waals surface area (Å²) in [6.07, 6.45) is 0. The smallest absolute Gasteiger partial charge is 0.373 e. The lowest BCUT2D eigenvalue weighted by Crippen LogP contribution is -1.84. The normalized spacial score (nSPS) is 10.1. The molecule has 0 fully saturated rings. The zero-order valence-corrected chi connectivity index (χ0v) is 8.14. The SMILES string of the molecule is COc1ccc(C#CS(=O)(=O)F)cc1. The van der Waals surface area contributed by atoms with Crippen molar-refractivity contribution in [2.45, 2.75) is 0 Å². The number of ether oxygens (including phenoxy) is 1. The van der Waals surface area contributed by atoms with E-state index in [0.29, 0.717) is 11.3 Å². The van der Waals surface area contributed by atoms with E-state index in [-0.39, 0.29) is 0 Å². The molecule has 0 amide bonds. The van der Waals surface area contributed by atoms with Crippen molar-refractivity contribution < 1.29 is 17.0 Å². The molecule has 0 spiro atoms. The Bertz CT molecular complexity index is 465. The van der Waals surface area contributed by atoms with E-state index in [1.165, 1.54) is 24.5 Å². The maximum absolute atomic E-state index is 12.0. The summed E-state index contributed by atoms with van der Waals surface area (Å²) in [5.74, 6) is 2.79. The zero-order valence-electron chi connectivity index (χ0n) is 7.32. The number of hydrogen-bond donors (Lipinski definition) is 0. The summed E-state index contributed by atoms with van der Waals surface area (Å²) >= 11 is 0. The molecule has 0 N–H and O–H groups in total. The molecule has 0 radical (unpaired) electrons. The van der Waals surface area contributed by atoms with Gasteiger partial charge in [-0.1, -0.05) is 3.89 Å². The predicted octanol–water partition coefficient (Wildman–Crippen LogP) is 1.30. The zero-order chi connectivity index (χ0) is 10.6. The summed E-state index contributed by atoms with van der Waals surface area (Å²) in [6, 6.07) is 6.29. The van der Waals surface area contributed by atoms with E-state index >= 15 is 0 Å². The van der Waals surface area contributed by atoms with Crippen LogP contribution in [0.15, 0.2) is 24.3 Å². The van der Waals surface area contributed by atoms with Gasteiger partial charge in [0.1, 0.15) is 5.75 Å². The fourth-order valence-corrected chi connectivity index (χ4v) is 1.03. The lowest BCUT2D eigenvalue weighted by Gasteiger charge is -1.96. The topological polar surface area (TPSA) is 43.4 Å². The first-order chi connectivity index (χ1) is 6.51. The van der Waals surface area contributed by atoms with Gasteiger partial charge in [-0.15, -0.1) is 0 Å². The molecule has 1 aromatic rings. The van der Waals surface area contributed by atoms with Gasteiger partial charge < -0.3 is 4.74 Å². The Balaban J connectivity index is 2.93. The van der Waals surface area contributed by atoms with Gasteiger partial charge in [0.25, 0.3) is 0 Å². The number of rotatable bonds is 1. The molecule has 0 unspecified atom stereocenters. The molecule has 0 aromatic heterocycles. The van der Waals surface area contributed by atoms with Crippen molar-refractivity contribution in [3.63, 3.8) is 0 Å². The van der Waals surface area contributed by atoms with Crippen LogP contribution in [0.1, 0.15) is 5.56 Å². The third-order valence-electron chi connectivity index (χ3n) is 1.41. The van der Waals surface area contributed by atoms with Crippen molar-refractivity contribution in [2.75, 3.05) is 7.11 Å². The first kappa shape index (κ1) is 10.5. The summed E-state index contributed by atoms with van der Waals surface area (Å²) in [7, 11) is -3.22. The van der Waals surface area contributed by atoms with E-state index in [0.717, 1.165) is 0 Å². The van der Waals surface area contributed by atoms with Crippen LogP contribution in [0.4, 0.5) is 3.89 Å². The number of methoxy groups -OCH3 is 1. The number of hydrogen-bond acceptors (Lipinski definition) is 3. The summed E-state index contributed by atoms with van der Waals surface area (Å²) < 4.78 is 37.0. The molecule has 5 heteroatoms. The average molecular weight is 214 g/mol. The van der Waals surface area contributed by atoms with E-state index in [2.05, 4.69) is 5.92 Å². The van der Waals surface area contributed by atoms with Gasteiger partial charge in [0.05, 0.1) is 12.4 Å². The minimum absolute atomic E-state index is 0.409. The van der Waals surface area contributed by atoms with Crippen LogP contribution in [0.2, 0.25) is 0 Å². The molecule has 74 valence electrons. The monoisotopic (exact) mass is 214 g/mol. The summed E-state index contributed by atoms with van der Waals surface area (Å²) in [5.41, 5.74) is 0.409. The Morgan fingerprint density at radius 2 is 1.86 bits per heavy atom. The lowest BCUT2D eigenvalue weighted by atomic mass is 10.2. The highest BCUT2D eigenvalue weighted by molar-refractivity contribution is 7.91. The molecular formula is C9H7FO3S. The van der Waals surface area contributed by atoms with Crippen LogP contribution in [0.3, 0.4) is 0 Å². The lowest BCUT2D eigenvalue weighted by molar-refractivity contribution is 0.415. The Morgan fingerprint density at radius 1 is 1.29 bits per heavy atom. The molecule has 14 heavy (non-hydrogen) atoms. The fourth-order valence-electron chi connectivity index (χ4n) is 0.794. The van der Waals surface area contributed by atoms with Gasteiger partial charge in [-0.25, -0.2) is 0 Å². The highest BCUT2D eigenvalue weighted by atomic mass is 32.3. The Kier molecular flexibility index (Phi) is 3.10. The van der Waals surface area contributed by atoms with Crippen LogP contribution in [0.25, 0.3) is 0 Å². The second kappa shape index (κ2) is 4.11. The molecule has 0 heterocycles. The first-order valence-electron chi connectivity index (χ1n) is 3.63. The van der Waals surface area contributed by atoms with Crippen LogP contribution >= 0.6 is 0 Å². The summed E-state index contributed by atoms with van der Waals surface area (Å²) in [4.78, 5) is 0. The largest absolute Gasteiger partial charge is 0.497 e. The predicted molar refractivity (Wildman–Crippen MR) is 49.9 cm³/mol. The van der Waals surface area contributed by atoms with Crippen LogP contribution in [-0.4, -0.2) is 15.5 Å². The van der Waals surface area contributed by atoms with E-state index in [1.807, 2.05) is 0 Å². The number of benzene rings is 1. The molecule has 0 saturated carbocycles. The molecule has 3 nitrogen and oxygen atoms in total. The van der Waals surface area contributed by atoms with Crippen molar-refractivity contribution in [3.8, 4) is 16.9 Å². The van der Waals surface area contributed by atoms with Gasteiger partial charge in [-0.05, 0) is 30.2 Å². The van der Waals surface area contributed by atoms with E-state index < -0.39 is 10.2 Å². The van der Waals surface area contributed by atoms with E-state index in [9.17, 15) is 12.3 Å². The van der Waals surface area contributed by atoms with E-state index in [1.54, 1.807) is 12.1 Å². The van der Waals surface area contributed by atoms with Crippen molar-refractivity contribution >= 4 is 10.2 Å². The summed E-state index contributed by atoms with van der Waals surface area (Å²) in [6.45, 7) is 0. The third-order valence-corrected chi connectivity index (χ3v) is 1.75. The number of halogens is 1. The Morgan fingerprint density at radius 3 is 2.29 bits per heavy atom. The Hall–Kier alpha value is -1.54. The average Bonchev–Trinajstić information content (AvgIpc) is 2.14. The molecule has 0 aliphatic rings. The van der Waals surface area contributed by atoms with Crippen molar-refractivity contribution in [1.82, 2.24) is 0 Å². The molecule has 1 rings (SSSR count). The second-order valence-corrected chi connectivity index (χ2v) is 3.47. The maximum atomic E-state index is 12.0. The van der Waals surface area contributed by atoms with Gasteiger partial charge in [0.15, 0.2) is 0 Å². The Labute approximate surface area is 81.7 Å².